The van der Waals surface area contributed by atoms with Gasteiger partial charge in [-0.2, -0.15) is 0 Å². The quantitative estimate of drug-likeness (QED) is 0.693. The second-order valence-electron chi connectivity index (χ2n) is 9.57. The minimum Gasteiger partial charge on any atom is -0.497 e. The minimum absolute atomic E-state index is 0.220. The number of carbonyl (C=O) groups is 1. The fourth-order valence-electron chi connectivity index (χ4n) is 6.66. The highest BCUT2D eigenvalue weighted by Gasteiger charge is 2.51. The van der Waals surface area contributed by atoms with Gasteiger partial charge in [0.15, 0.2) is 0 Å². The van der Waals surface area contributed by atoms with Crippen LogP contribution in [0.5, 0.6) is 5.75 Å². The zero-order valence-electron chi connectivity index (χ0n) is 18.0. The molecule has 2 saturated carbocycles. The van der Waals surface area contributed by atoms with E-state index in [1.165, 1.54) is 36.8 Å². The standard InChI is InChI=1S/C27H33NO2/c1-30-22-12-10-20(11-13-22)18-28-15-14-21-17-26(29)24(16-19-6-3-2-4-7-19)23-8-5-9-25(28)27(21)23/h2-4,6-7,10-13,21,23-25,27H,5,8-9,14-18H2,1H3/t21-,23+,24+,25+,27+/m1/s1. The average molecular weight is 404 g/mol. The summed E-state index contributed by atoms with van der Waals surface area (Å²) in [4.78, 5) is 15.9. The van der Waals surface area contributed by atoms with Crippen molar-refractivity contribution in [3.8, 4) is 5.75 Å². The maximum atomic E-state index is 13.2. The summed E-state index contributed by atoms with van der Waals surface area (Å²) < 4.78 is 5.32. The van der Waals surface area contributed by atoms with E-state index in [9.17, 15) is 4.79 Å². The summed E-state index contributed by atoms with van der Waals surface area (Å²) in [5.74, 6) is 3.54. The highest BCUT2D eigenvalue weighted by Crippen LogP contribution is 2.51. The van der Waals surface area contributed by atoms with Crippen LogP contribution in [0.2, 0.25) is 0 Å². The van der Waals surface area contributed by atoms with Gasteiger partial charge in [-0.15, -0.1) is 0 Å². The number of ether oxygens (including phenoxy) is 1. The third-order valence-electron chi connectivity index (χ3n) is 8.01. The van der Waals surface area contributed by atoms with E-state index in [4.69, 9.17) is 4.74 Å². The van der Waals surface area contributed by atoms with Crippen LogP contribution in [0.25, 0.3) is 0 Å². The fourth-order valence-corrected chi connectivity index (χ4v) is 6.66. The maximum Gasteiger partial charge on any atom is 0.136 e. The molecule has 3 heteroatoms. The first-order valence-electron chi connectivity index (χ1n) is 11.7. The number of ketones is 1. The molecule has 3 fully saturated rings. The van der Waals surface area contributed by atoms with Gasteiger partial charge in [0.2, 0.25) is 0 Å². The predicted octanol–water partition coefficient (Wildman–Crippen LogP) is 5.13. The lowest BCUT2D eigenvalue weighted by Gasteiger charge is -2.55. The molecule has 5 atom stereocenters. The van der Waals surface area contributed by atoms with Crippen molar-refractivity contribution in [1.29, 1.82) is 0 Å². The summed E-state index contributed by atoms with van der Waals surface area (Å²) in [6, 6.07) is 19.8. The number of rotatable bonds is 5. The Morgan fingerprint density at radius 1 is 0.967 bits per heavy atom. The van der Waals surface area contributed by atoms with E-state index in [1.54, 1.807) is 7.11 Å². The topological polar surface area (TPSA) is 29.5 Å². The maximum absolute atomic E-state index is 13.2. The zero-order valence-corrected chi connectivity index (χ0v) is 18.0. The number of benzene rings is 2. The molecule has 0 amide bonds. The second-order valence-corrected chi connectivity index (χ2v) is 9.57. The number of carbonyl (C=O) groups excluding carboxylic acids is 1. The van der Waals surface area contributed by atoms with Crippen molar-refractivity contribution >= 4 is 5.78 Å². The van der Waals surface area contributed by atoms with Crippen LogP contribution in [-0.2, 0) is 17.8 Å². The molecule has 0 spiro atoms. The second kappa shape index (κ2) is 8.55. The molecule has 2 aliphatic carbocycles. The van der Waals surface area contributed by atoms with Crippen LogP contribution in [0.3, 0.4) is 0 Å². The van der Waals surface area contributed by atoms with Gasteiger partial charge in [0.25, 0.3) is 0 Å². The van der Waals surface area contributed by atoms with Crippen LogP contribution in [0.1, 0.15) is 43.2 Å². The van der Waals surface area contributed by atoms with Gasteiger partial charge >= 0.3 is 0 Å². The Balaban J connectivity index is 1.35. The van der Waals surface area contributed by atoms with Crippen LogP contribution in [0.4, 0.5) is 0 Å². The van der Waals surface area contributed by atoms with E-state index in [1.807, 2.05) is 0 Å². The van der Waals surface area contributed by atoms with Gasteiger partial charge in [-0.3, -0.25) is 9.69 Å². The van der Waals surface area contributed by atoms with Gasteiger partial charge < -0.3 is 4.74 Å². The molecule has 0 bridgehead atoms. The average Bonchev–Trinajstić information content (AvgIpc) is 2.79. The Morgan fingerprint density at radius 2 is 1.77 bits per heavy atom. The summed E-state index contributed by atoms with van der Waals surface area (Å²) in [7, 11) is 1.72. The Kier molecular flexibility index (Phi) is 5.64. The van der Waals surface area contributed by atoms with E-state index in [-0.39, 0.29) is 5.92 Å². The lowest BCUT2D eigenvalue weighted by molar-refractivity contribution is -0.139. The molecule has 3 aliphatic rings. The van der Waals surface area contributed by atoms with E-state index in [2.05, 4.69) is 59.5 Å². The Labute approximate surface area is 180 Å². The Bertz CT molecular complexity index is 862. The third-order valence-corrected chi connectivity index (χ3v) is 8.01. The number of nitrogens with zero attached hydrogens (tertiary/aromatic N) is 1. The molecular weight excluding hydrogens is 370 g/mol. The van der Waals surface area contributed by atoms with E-state index in [0.29, 0.717) is 29.6 Å². The van der Waals surface area contributed by atoms with Crippen molar-refractivity contribution in [1.82, 2.24) is 4.90 Å². The molecule has 158 valence electrons. The van der Waals surface area contributed by atoms with Gasteiger partial charge in [-0.25, -0.2) is 0 Å². The molecule has 1 saturated heterocycles. The highest BCUT2D eigenvalue weighted by atomic mass is 16.5. The van der Waals surface area contributed by atoms with E-state index in [0.717, 1.165) is 31.7 Å². The van der Waals surface area contributed by atoms with Crippen LogP contribution in [-0.4, -0.2) is 30.4 Å². The van der Waals surface area contributed by atoms with Crippen molar-refractivity contribution in [2.24, 2.45) is 23.7 Å². The van der Waals surface area contributed by atoms with Gasteiger partial charge in [0, 0.05) is 24.9 Å². The SMILES string of the molecule is COc1ccc(CN2CC[C@@H]3CC(=O)[C@@H](Cc4ccccc4)[C@@H]4CCC[C@H]2[C@@H]34)cc1. The lowest BCUT2D eigenvalue weighted by atomic mass is 9.55. The summed E-state index contributed by atoms with van der Waals surface area (Å²) in [5, 5.41) is 0. The van der Waals surface area contributed by atoms with Crippen molar-refractivity contribution in [2.45, 2.75) is 51.1 Å². The first kappa shape index (κ1) is 19.8. The van der Waals surface area contributed by atoms with Crippen LogP contribution < -0.4 is 4.74 Å². The summed E-state index contributed by atoms with van der Waals surface area (Å²) in [5.41, 5.74) is 2.69. The van der Waals surface area contributed by atoms with Crippen molar-refractivity contribution in [2.75, 3.05) is 13.7 Å². The summed E-state index contributed by atoms with van der Waals surface area (Å²) in [6.07, 6.45) is 6.70. The molecule has 1 aliphatic heterocycles. The zero-order chi connectivity index (χ0) is 20.5. The summed E-state index contributed by atoms with van der Waals surface area (Å²) >= 11 is 0. The molecule has 0 unspecified atom stereocenters. The van der Waals surface area contributed by atoms with Gasteiger partial charge in [0.1, 0.15) is 11.5 Å². The number of hydrogen-bond donors (Lipinski definition) is 0. The summed E-state index contributed by atoms with van der Waals surface area (Å²) in [6.45, 7) is 2.14. The molecule has 0 aromatic heterocycles. The van der Waals surface area contributed by atoms with Gasteiger partial charge in [-0.05, 0) is 73.2 Å². The van der Waals surface area contributed by atoms with E-state index < -0.39 is 0 Å². The van der Waals surface area contributed by atoms with Crippen molar-refractivity contribution in [3.63, 3.8) is 0 Å². The van der Waals surface area contributed by atoms with Gasteiger partial charge in [0.05, 0.1) is 7.11 Å². The number of piperidine rings is 1. The highest BCUT2D eigenvalue weighted by molar-refractivity contribution is 5.83. The number of methoxy groups -OCH3 is 1. The van der Waals surface area contributed by atoms with Crippen LogP contribution in [0.15, 0.2) is 54.6 Å². The molecule has 30 heavy (non-hydrogen) atoms. The lowest BCUT2D eigenvalue weighted by Crippen LogP contribution is -2.57. The molecule has 5 rings (SSSR count). The number of hydrogen-bond acceptors (Lipinski definition) is 3. The predicted molar refractivity (Wildman–Crippen MR) is 119 cm³/mol. The first-order valence-corrected chi connectivity index (χ1v) is 11.7. The minimum atomic E-state index is 0.220. The molecule has 0 radical (unpaired) electrons. The fraction of sp³-hybridized carbons (Fsp3) is 0.519. The molecule has 3 nitrogen and oxygen atoms in total. The largest absolute Gasteiger partial charge is 0.497 e. The molecule has 2 aromatic rings. The van der Waals surface area contributed by atoms with Crippen molar-refractivity contribution < 1.29 is 9.53 Å². The molecule has 2 aromatic carbocycles. The Hall–Kier alpha value is -2.13. The number of likely N-dealkylation sites (tertiary alicyclic amines) is 1. The van der Waals surface area contributed by atoms with Gasteiger partial charge in [-0.1, -0.05) is 48.9 Å². The monoisotopic (exact) mass is 403 g/mol. The van der Waals surface area contributed by atoms with Crippen LogP contribution >= 0.6 is 0 Å². The molecule has 1 heterocycles. The number of Topliss-reactive ketones (excluding diaryl/α,β-unsaturated/α-hetero) is 1. The first-order chi connectivity index (χ1) is 14.7. The molecular formula is C27H33NO2. The normalized spacial score (nSPS) is 31.2. The third kappa shape index (κ3) is 3.80. The molecule has 0 N–H and O–H groups in total. The smallest absolute Gasteiger partial charge is 0.136 e. The van der Waals surface area contributed by atoms with Crippen molar-refractivity contribution in [3.05, 3.63) is 65.7 Å². The van der Waals surface area contributed by atoms with Crippen LogP contribution in [0, 0.1) is 23.7 Å². The van der Waals surface area contributed by atoms with E-state index >= 15 is 0 Å². The Morgan fingerprint density at radius 3 is 2.53 bits per heavy atom.